The van der Waals surface area contributed by atoms with Gasteiger partial charge in [-0.2, -0.15) is 0 Å². The Bertz CT molecular complexity index is 3340. The molecule has 0 aliphatic heterocycles. The van der Waals surface area contributed by atoms with Crippen LogP contribution in [0.1, 0.15) is 36.7 Å². The summed E-state index contributed by atoms with van der Waals surface area (Å²) in [4.78, 5) is 85.1. The average Bonchev–Trinajstić information content (AvgIpc) is 3.32. The Morgan fingerprint density at radius 1 is 0.672 bits per heavy atom. The van der Waals surface area contributed by atoms with Gasteiger partial charge in [0, 0.05) is 83.9 Å². The summed E-state index contributed by atoms with van der Waals surface area (Å²) in [5.41, 5.74) is 8.28. The normalized spacial score (nSPS) is 10.7. The van der Waals surface area contributed by atoms with Gasteiger partial charge in [-0.1, -0.05) is 37.4 Å². The number of aryl methyl sites for hydroxylation is 2. The van der Waals surface area contributed by atoms with Crippen molar-refractivity contribution in [2.75, 3.05) is 33.5 Å². The Morgan fingerprint density at radius 3 is 1.63 bits per heavy atom. The first-order valence-electron chi connectivity index (χ1n) is 21.4. The van der Waals surface area contributed by atoms with Gasteiger partial charge in [-0.05, 0) is 135 Å². The fraction of sp³-hybridized carbons (Fsp3) is 0.135. The molecule has 0 aliphatic rings. The Hall–Kier alpha value is -8.85. The number of benzene rings is 4. The number of aromatic amines is 1. The molecular weight excluding hydrogens is 845 g/mol. The van der Waals surface area contributed by atoms with E-state index in [9.17, 15) is 24.0 Å². The molecule has 0 saturated carbocycles. The zero-order chi connectivity index (χ0) is 47.8. The number of amides is 2. The zero-order valence-electron chi connectivity index (χ0n) is 37.7. The molecule has 0 bridgehead atoms. The van der Waals surface area contributed by atoms with Crippen LogP contribution >= 0.6 is 0 Å². The number of fused-ring (bicyclic) bond motifs is 2. The molecule has 0 fully saturated rings. The minimum absolute atomic E-state index is 0.125. The number of likely N-dealkylation sites (N-methyl/N-ethyl adjacent to an activating group) is 2. The SMILES string of the molecule is C=CC(=O)N(CC)c1cccc(Nc2ncc3cc(-c4c(C)cc[nH]c4=O)ccc3n2)c1.C=CC(=O)N(CC)c1cccc(Nc2ncc3cc(-c4c(C)ccn(C(C)=O)c4=O)ccc3n2)c1. The molecule has 0 aliphatic carbocycles. The van der Waals surface area contributed by atoms with Crippen LogP contribution in [0, 0.1) is 13.8 Å². The summed E-state index contributed by atoms with van der Waals surface area (Å²) in [6.45, 7) is 17.1. The van der Waals surface area contributed by atoms with Gasteiger partial charge >= 0.3 is 0 Å². The molecular formula is C52H48N10O5. The number of aromatic nitrogens is 6. The van der Waals surface area contributed by atoms with E-state index in [1.165, 1.54) is 25.3 Å². The van der Waals surface area contributed by atoms with Crippen LogP contribution in [0.15, 0.2) is 157 Å². The minimum Gasteiger partial charge on any atom is -0.329 e. The lowest BCUT2D eigenvalue weighted by Gasteiger charge is -2.20. The fourth-order valence-corrected chi connectivity index (χ4v) is 7.57. The predicted molar refractivity (Wildman–Crippen MR) is 267 cm³/mol. The Kier molecular flexibility index (Phi) is 14.0. The number of pyridine rings is 2. The molecule has 3 N–H and O–H groups in total. The van der Waals surface area contributed by atoms with Crippen molar-refractivity contribution in [3.63, 3.8) is 0 Å². The second kappa shape index (κ2) is 20.3. The maximum atomic E-state index is 12.9. The van der Waals surface area contributed by atoms with E-state index in [0.717, 1.165) is 60.3 Å². The van der Waals surface area contributed by atoms with Gasteiger partial charge in [0.05, 0.1) is 16.6 Å². The van der Waals surface area contributed by atoms with Gasteiger partial charge in [-0.3, -0.25) is 28.5 Å². The van der Waals surface area contributed by atoms with Gasteiger partial charge in [0.25, 0.3) is 11.1 Å². The second-order valence-corrected chi connectivity index (χ2v) is 15.3. The van der Waals surface area contributed by atoms with Gasteiger partial charge < -0.3 is 25.4 Å². The smallest absolute Gasteiger partial charge is 0.265 e. The maximum Gasteiger partial charge on any atom is 0.265 e. The molecule has 0 radical (unpaired) electrons. The quantitative estimate of drug-likeness (QED) is 0.0992. The van der Waals surface area contributed by atoms with Crippen LogP contribution in [0.25, 0.3) is 44.1 Å². The summed E-state index contributed by atoms with van der Waals surface area (Å²) >= 11 is 0. The van der Waals surface area contributed by atoms with Crippen molar-refractivity contribution in [3.05, 3.63) is 179 Å². The maximum absolute atomic E-state index is 12.9. The third-order valence-corrected chi connectivity index (χ3v) is 10.9. The van der Waals surface area contributed by atoms with Crippen molar-refractivity contribution < 1.29 is 14.4 Å². The van der Waals surface area contributed by atoms with Gasteiger partial charge in [0.2, 0.25) is 29.6 Å². The lowest BCUT2D eigenvalue weighted by atomic mass is 10.0. The van der Waals surface area contributed by atoms with Gasteiger partial charge in [0.15, 0.2) is 0 Å². The molecule has 8 rings (SSSR count). The molecule has 336 valence electrons. The molecule has 15 nitrogen and oxygen atoms in total. The van der Waals surface area contributed by atoms with Crippen molar-refractivity contribution in [1.29, 1.82) is 0 Å². The topological polar surface area (TPSA) is 188 Å². The van der Waals surface area contributed by atoms with Crippen molar-refractivity contribution in [1.82, 2.24) is 29.5 Å². The number of H-pyrrole nitrogens is 1. The first kappa shape index (κ1) is 46.2. The molecule has 67 heavy (non-hydrogen) atoms. The molecule has 0 unspecified atom stereocenters. The number of anilines is 6. The molecule has 0 spiro atoms. The first-order chi connectivity index (χ1) is 32.3. The van der Waals surface area contributed by atoms with Crippen LogP contribution in [-0.2, 0) is 9.59 Å². The van der Waals surface area contributed by atoms with Gasteiger partial charge in [0.1, 0.15) is 0 Å². The van der Waals surface area contributed by atoms with E-state index >= 15 is 0 Å². The van der Waals surface area contributed by atoms with Crippen LogP contribution in [0.3, 0.4) is 0 Å². The van der Waals surface area contributed by atoms with E-state index in [2.05, 4.69) is 48.7 Å². The van der Waals surface area contributed by atoms with Crippen molar-refractivity contribution in [2.45, 2.75) is 34.6 Å². The minimum atomic E-state index is -0.355. The fourth-order valence-electron chi connectivity index (χ4n) is 7.57. The van der Waals surface area contributed by atoms with E-state index in [4.69, 9.17) is 0 Å². The Labute approximate surface area is 386 Å². The molecule has 4 aromatic carbocycles. The summed E-state index contributed by atoms with van der Waals surface area (Å²) in [6.07, 6.45) is 9.13. The van der Waals surface area contributed by atoms with Gasteiger partial charge in [-0.25, -0.2) is 19.9 Å². The van der Waals surface area contributed by atoms with Gasteiger partial charge in [-0.15, -0.1) is 0 Å². The van der Waals surface area contributed by atoms with Crippen molar-refractivity contribution >= 4 is 74.2 Å². The molecule has 4 aromatic heterocycles. The molecule has 8 aromatic rings. The lowest BCUT2D eigenvalue weighted by Crippen LogP contribution is -2.28. The number of nitrogens with zero attached hydrogens (tertiary/aromatic N) is 7. The highest BCUT2D eigenvalue weighted by Gasteiger charge is 2.16. The third-order valence-electron chi connectivity index (χ3n) is 10.9. The average molecular weight is 893 g/mol. The molecule has 2 amide bonds. The molecule has 0 saturated heterocycles. The number of carbonyl (C=O) groups excluding carboxylic acids is 3. The molecule has 4 heterocycles. The molecule has 15 heteroatoms. The predicted octanol–water partition coefficient (Wildman–Crippen LogP) is 9.29. The second-order valence-electron chi connectivity index (χ2n) is 15.3. The highest BCUT2D eigenvalue weighted by molar-refractivity contribution is 6.02. The van der Waals surface area contributed by atoms with Crippen LogP contribution < -0.4 is 31.6 Å². The number of nitrogens with one attached hydrogen (secondary N) is 3. The third kappa shape index (κ3) is 10.3. The summed E-state index contributed by atoms with van der Waals surface area (Å²) in [6, 6.07) is 29.7. The summed E-state index contributed by atoms with van der Waals surface area (Å²) in [5.74, 6) is 0.168. The summed E-state index contributed by atoms with van der Waals surface area (Å²) in [5, 5.41) is 7.96. The first-order valence-corrected chi connectivity index (χ1v) is 21.4. The van der Waals surface area contributed by atoms with Crippen LogP contribution in [0.4, 0.5) is 34.6 Å². The lowest BCUT2D eigenvalue weighted by molar-refractivity contribution is -0.114. The van der Waals surface area contributed by atoms with E-state index in [0.29, 0.717) is 47.2 Å². The van der Waals surface area contributed by atoms with Crippen LogP contribution in [0.5, 0.6) is 0 Å². The largest absolute Gasteiger partial charge is 0.329 e. The van der Waals surface area contributed by atoms with E-state index in [1.807, 2.05) is 119 Å². The zero-order valence-corrected chi connectivity index (χ0v) is 37.7. The monoisotopic (exact) mass is 892 g/mol. The Balaban J connectivity index is 0.000000200. The highest BCUT2D eigenvalue weighted by Crippen LogP contribution is 2.28. The number of hydrogen-bond donors (Lipinski definition) is 3. The number of carbonyl (C=O) groups is 3. The number of hydrogen-bond acceptors (Lipinski definition) is 11. The van der Waals surface area contributed by atoms with Crippen LogP contribution in [0.2, 0.25) is 0 Å². The van der Waals surface area contributed by atoms with E-state index in [-0.39, 0.29) is 28.8 Å². The standard InChI is InChI=1S/C27H25N5O3.C25H23N5O2/c1-5-24(34)31(6-2)22-9-7-8-21(15-22)29-27-28-16-20-14-19(10-11-23(20)30-27)25-17(3)12-13-32(18(4)33)26(25)35;1-4-22(31)30(5-2)20-8-6-7-19(14-20)28-25-27-15-18-13-17(9-10-21(18)29-25)23-16(3)11-12-26-24(23)32/h5,7-16H,1,6H2,2-4H3,(H,28,29,30);4,6-15H,1,5H2,2-3H3,(H,26,32)(H,27,28,29). The Morgan fingerprint density at radius 2 is 1.16 bits per heavy atom. The van der Waals surface area contributed by atoms with E-state index < -0.39 is 0 Å². The number of rotatable bonds is 12. The van der Waals surface area contributed by atoms with Crippen LogP contribution in [-0.4, -0.2) is 60.3 Å². The highest BCUT2D eigenvalue weighted by atomic mass is 16.2. The molecule has 0 atom stereocenters. The summed E-state index contributed by atoms with van der Waals surface area (Å²) in [7, 11) is 0. The summed E-state index contributed by atoms with van der Waals surface area (Å²) < 4.78 is 1.10. The van der Waals surface area contributed by atoms with Crippen molar-refractivity contribution in [3.8, 4) is 22.3 Å². The van der Waals surface area contributed by atoms with Crippen molar-refractivity contribution in [2.24, 2.45) is 0 Å². The van der Waals surface area contributed by atoms with E-state index in [1.54, 1.807) is 34.5 Å².